The van der Waals surface area contributed by atoms with E-state index in [-0.39, 0.29) is 0 Å². The topological polar surface area (TPSA) is 31.5 Å². The van der Waals surface area contributed by atoms with Crippen molar-refractivity contribution in [2.45, 2.75) is 45.2 Å². The van der Waals surface area contributed by atoms with Gasteiger partial charge in [0.05, 0.1) is 13.2 Å². The van der Waals surface area contributed by atoms with Gasteiger partial charge in [-0.3, -0.25) is 9.80 Å². The van der Waals surface area contributed by atoms with Gasteiger partial charge in [-0.25, -0.2) is 0 Å². The van der Waals surface area contributed by atoms with Crippen molar-refractivity contribution in [3.63, 3.8) is 0 Å². The highest BCUT2D eigenvalue weighted by Gasteiger charge is 2.37. The smallest absolute Gasteiger partial charge is 0.0594 e. The summed E-state index contributed by atoms with van der Waals surface area (Å²) in [6.07, 6.45) is 4.94. The lowest BCUT2D eigenvalue weighted by atomic mass is 9.76. The van der Waals surface area contributed by atoms with Gasteiger partial charge in [0.1, 0.15) is 0 Å². The van der Waals surface area contributed by atoms with Crippen LogP contribution in [0.25, 0.3) is 10.9 Å². The Morgan fingerprint density at radius 3 is 2.89 bits per heavy atom. The first kappa shape index (κ1) is 17.5. The summed E-state index contributed by atoms with van der Waals surface area (Å²) in [5, 5.41) is 1.50. The van der Waals surface area contributed by atoms with E-state index < -0.39 is 0 Å². The van der Waals surface area contributed by atoms with Crippen molar-refractivity contribution in [1.29, 1.82) is 0 Å². The molecule has 2 aromatic rings. The third-order valence-corrected chi connectivity index (χ3v) is 6.62. The van der Waals surface area contributed by atoms with Crippen LogP contribution in [0.1, 0.15) is 43.0 Å². The molecular formula is C23H31N3O. The van der Waals surface area contributed by atoms with Gasteiger partial charge >= 0.3 is 0 Å². The number of ether oxygens (including phenoxy) is 1. The van der Waals surface area contributed by atoms with Crippen molar-refractivity contribution >= 4 is 10.9 Å². The van der Waals surface area contributed by atoms with Gasteiger partial charge in [0.15, 0.2) is 0 Å². The maximum Gasteiger partial charge on any atom is 0.0594 e. The Kier molecular flexibility index (Phi) is 4.58. The number of nitrogens with zero attached hydrogens (tertiary/aromatic N) is 2. The molecule has 0 unspecified atom stereocenters. The van der Waals surface area contributed by atoms with Crippen molar-refractivity contribution in [3.05, 3.63) is 46.7 Å². The van der Waals surface area contributed by atoms with Crippen LogP contribution in [0.5, 0.6) is 0 Å². The van der Waals surface area contributed by atoms with Gasteiger partial charge in [0.25, 0.3) is 0 Å². The Bertz CT molecular complexity index is 862. The summed E-state index contributed by atoms with van der Waals surface area (Å²) in [6.45, 7) is 11.7. The SMILES string of the molecule is CCCN1CC(C)=C[C@@H]2c3cccc4[nH]c(CN5CCOCC5)c(c34)C[C@H]21. The standard InChI is InChI=1S/C23H31N3O/c1-3-7-26-14-16(2)12-18-17-5-4-6-20-23(17)19(13-22(18)26)21(24-20)15-25-8-10-27-11-9-25/h4-6,12,18,22,24H,3,7-11,13-15H2,1-2H3/t18-,22-/m1/s1. The number of H-pyrrole nitrogens is 1. The minimum atomic E-state index is 0.536. The minimum Gasteiger partial charge on any atom is -0.379 e. The van der Waals surface area contributed by atoms with Crippen LogP contribution in [-0.4, -0.2) is 60.2 Å². The van der Waals surface area contributed by atoms with Crippen LogP contribution in [0.4, 0.5) is 0 Å². The maximum atomic E-state index is 5.54. The lowest BCUT2D eigenvalue weighted by molar-refractivity contribution is 0.0335. The van der Waals surface area contributed by atoms with Gasteiger partial charge in [0.2, 0.25) is 0 Å². The van der Waals surface area contributed by atoms with Crippen LogP contribution in [0, 0.1) is 0 Å². The number of nitrogens with one attached hydrogen (secondary N) is 1. The van der Waals surface area contributed by atoms with Gasteiger partial charge < -0.3 is 9.72 Å². The molecule has 1 aliphatic carbocycles. The molecule has 2 atom stereocenters. The molecule has 0 amide bonds. The fourth-order valence-electron chi connectivity index (χ4n) is 5.45. The van der Waals surface area contributed by atoms with E-state index in [9.17, 15) is 0 Å². The van der Waals surface area contributed by atoms with Gasteiger partial charge in [0, 0.05) is 54.7 Å². The van der Waals surface area contributed by atoms with E-state index >= 15 is 0 Å². The normalized spacial score (nSPS) is 26.2. The summed E-state index contributed by atoms with van der Waals surface area (Å²) in [5.41, 5.74) is 7.38. The number of benzene rings is 1. The second kappa shape index (κ2) is 7.08. The van der Waals surface area contributed by atoms with E-state index in [4.69, 9.17) is 4.74 Å². The molecular weight excluding hydrogens is 334 g/mol. The second-order valence-corrected chi connectivity index (χ2v) is 8.52. The summed E-state index contributed by atoms with van der Waals surface area (Å²) >= 11 is 0. The molecule has 3 aliphatic rings. The molecule has 0 bridgehead atoms. The van der Waals surface area contributed by atoms with E-state index in [1.807, 2.05) is 0 Å². The number of aromatic nitrogens is 1. The summed E-state index contributed by atoms with van der Waals surface area (Å²) in [5.74, 6) is 0.536. The molecule has 2 aliphatic heterocycles. The average molecular weight is 366 g/mol. The number of rotatable bonds is 4. The molecule has 0 spiro atoms. The first-order valence-electron chi connectivity index (χ1n) is 10.6. The summed E-state index contributed by atoms with van der Waals surface area (Å²) in [6, 6.07) is 7.47. The molecule has 4 nitrogen and oxygen atoms in total. The Hall–Kier alpha value is -1.62. The summed E-state index contributed by atoms with van der Waals surface area (Å²) in [7, 11) is 0. The largest absolute Gasteiger partial charge is 0.379 e. The van der Waals surface area contributed by atoms with Gasteiger partial charge in [-0.2, -0.15) is 0 Å². The molecule has 0 radical (unpaired) electrons. The quantitative estimate of drug-likeness (QED) is 0.839. The van der Waals surface area contributed by atoms with E-state index in [1.165, 1.54) is 47.1 Å². The summed E-state index contributed by atoms with van der Waals surface area (Å²) < 4.78 is 5.54. The molecule has 0 saturated carbocycles. The van der Waals surface area contributed by atoms with E-state index in [2.05, 4.69) is 52.9 Å². The number of morpholine rings is 1. The van der Waals surface area contributed by atoms with Gasteiger partial charge in [-0.15, -0.1) is 0 Å². The van der Waals surface area contributed by atoms with Gasteiger partial charge in [-0.1, -0.05) is 30.7 Å². The highest BCUT2D eigenvalue weighted by atomic mass is 16.5. The predicted octanol–water partition coefficient (Wildman–Crippen LogP) is 3.68. The lowest BCUT2D eigenvalue weighted by Crippen LogP contribution is -2.46. The first-order valence-corrected chi connectivity index (χ1v) is 10.6. The van der Waals surface area contributed by atoms with E-state index in [1.54, 1.807) is 5.56 Å². The fourth-order valence-corrected chi connectivity index (χ4v) is 5.45. The van der Waals surface area contributed by atoms with E-state index in [0.717, 1.165) is 39.4 Å². The zero-order valence-electron chi connectivity index (χ0n) is 16.6. The molecule has 1 saturated heterocycles. The Morgan fingerprint density at radius 2 is 2.07 bits per heavy atom. The molecule has 1 aromatic heterocycles. The zero-order chi connectivity index (χ0) is 18.4. The molecule has 144 valence electrons. The van der Waals surface area contributed by atoms with Crippen LogP contribution in [0.3, 0.4) is 0 Å². The summed E-state index contributed by atoms with van der Waals surface area (Å²) in [4.78, 5) is 9.05. The number of fused-ring (bicyclic) bond motifs is 2. The van der Waals surface area contributed by atoms with Crippen molar-refractivity contribution < 1.29 is 4.74 Å². The van der Waals surface area contributed by atoms with Crippen LogP contribution < -0.4 is 0 Å². The highest BCUT2D eigenvalue weighted by Crippen LogP contribution is 2.43. The van der Waals surface area contributed by atoms with Crippen molar-refractivity contribution in [2.24, 2.45) is 0 Å². The Morgan fingerprint density at radius 1 is 1.22 bits per heavy atom. The molecule has 3 heterocycles. The lowest BCUT2D eigenvalue weighted by Gasteiger charge is -2.43. The monoisotopic (exact) mass is 365 g/mol. The third kappa shape index (κ3) is 3.04. The third-order valence-electron chi connectivity index (χ3n) is 6.62. The minimum absolute atomic E-state index is 0.536. The van der Waals surface area contributed by atoms with E-state index in [0.29, 0.717) is 12.0 Å². The Balaban J connectivity index is 1.57. The van der Waals surface area contributed by atoms with Gasteiger partial charge in [-0.05, 0) is 43.5 Å². The van der Waals surface area contributed by atoms with Crippen LogP contribution in [0.2, 0.25) is 0 Å². The highest BCUT2D eigenvalue weighted by molar-refractivity contribution is 5.90. The predicted molar refractivity (Wildman–Crippen MR) is 110 cm³/mol. The maximum absolute atomic E-state index is 5.54. The van der Waals surface area contributed by atoms with Crippen LogP contribution in [0.15, 0.2) is 29.8 Å². The van der Waals surface area contributed by atoms with Crippen molar-refractivity contribution in [3.8, 4) is 0 Å². The molecule has 1 fully saturated rings. The number of hydrogen-bond acceptors (Lipinski definition) is 3. The Labute approximate surface area is 162 Å². The average Bonchev–Trinajstić information content (AvgIpc) is 3.02. The zero-order valence-corrected chi connectivity index (χ0v) is 16.6. The van der Waals surface area contributed by atoms with Crippen LogP contribution >= 0.6 is 0 Å². The number of hydrogen-bond donors (Lipinski definition) is 1. The van der Waals surface area contributed by atoms with Crippen molar-refractivity contribution in [2.75, 3.05) is 39.4 Å². The van der Waals surface area contributed by atoms with Crippen molar-refractivity contribution in [1.82, 2.24) is 14.8 Å². The number of aromatic amines is 1. The first-order chi connectivity index (χ1) is 13.2. The molecule has 5 rings (SSSR count). The molecule has 1 N–H and O–H groups in total. The molecule has 4 heteroatoms. The molecule has 1 aromatic carbocycles. The fraction of sp³-hybridized carbons (Fsp3) is 0.565. The van der Waals surface area contributed by atoms with Crippen LogP contribution in [-0.2, 0) is 17.7 Å². The molecule has 27 heavy (non-hydrogen) atoms. The second-order valence-electron chi connectivity index (χ2n) is 8.52.